The summed E-state index contributed by atoms with van der Waals surface area (Å²) in [5.74, 6) is 0. The Morgan fingerprint density at radius 3 is 1.76 bits per heavy atom. The number of rotatable bonds is 10. The lowest BCUT2D eigenvalue weighted by Crippen LogP contribution is -3.00. The molecule has 0 rings (SSSR count). The first-order valence-corrected chi connectivity index (χ1v) is 9.37. The molecule has 0 spiro atoms. The van der Waals surface area contributed by atoms with E-state index in [9.17, 15) is 4.57 Å². The van der Waals surface area contributed by atoms with Crippen LogP contribution in [0.15, 0.2) is 12.2 Å². The zero-order valence-corrected chi connectivity index (χ0v) is 17.1. The van der Waals surface area contributed by atoms with Gasteiger partial charge in [-0.2, -0.15) is 0 Å². The van der Waals surface area contributed by atoms with Crippen LogP contribution in [-0.2, 0) is 13.6 Å². The Morgan fingerprint density at radius 1 is 1.05 bits per heavy atom. The maximum absolute atomic E-state index is 13.0. The summed E-state index contributed by atoms with van der Waals surface area (Å²) in [5, 5.41) is 0. The van der Waals surface area contributed by atoms with Gasteiger partial charge in [0.2, 0.25) is 0 Å². The van der Waals surface area contributed by atoms with Gasteiger partial charge in [-0.1, -0.05) is 6.08 Å². The van der Waals surface area contributed by atoms with Crippen LogP contribution in [0.4, 0.5) is 0 Å². The Morgan fingerprint density at radius 2 is 1.48 bits per heavy atom. The molecule has 0 fully saturated rings. The molecule has 0 saturated heterocycles. The van der Waals surface area contributed by atoms with Gasteiger partial charge in [0.25, 0.3) is 0 Å². The highest BCUT2D eigenvalue weighted by Crippen LogP contribution is 2.52. The van der Waals surface area contributed by atoms with E-state index in [2.05, 4.69) is 19.9 Å². The van der Waals surface area contributed by atoms with Crippen molar-refractivity contribution in [3.63, 3.8) is 0 Å². The van der Waals surface area contributed by atoms with Crippen molar-refractivity contribution in [3.8, 4) is 0 Å². The molecule has 0 aliphatic carbocycles. The highest BCUT2D eigenvalue weighted by molar-refractivity contribution is 7.53. The van der Waals surface area contributed by atoms with Crippen molar-refractivity contribution >= 4 is 7.60 Å². The molecule has 128 valence electrons. The second-order valence-corrected chi connectivity index (χ2v) is 7.71. The summed E-state index contributed by atoms with van der Waals surface area (Å²) in [6.45, 7) is 16.5. The van der Waals surface area contributed by atoms with Crippen LogP contribution in [-0.4, -0.2) is 42.6 Å². The Labute approximate surface area is 141 Å². The van der Waals surface area contributed by atoms with Gasteiger partial charge in [-0.25, -0.2) is 0 Å². The molecule has 0 aliphatic heterocycles. The van der Waals surface area contributed by atoms with E-state index in [0.717, 1.165) is 24.1 Å². The van der Waals surface area contributed by atoms with Crippen LogP contribution in [0.1, 0.15) is 48.5 Å². The summed E-state index contributed by atoms with van der Waals surface area (Å²) in [6, 6.07) is 0. The van der Waals surface area contributed by atoms with Crippen LogP contribution in [0.2, 0.25) is 0 Å². The van der Waals surface area contributed by atoms with E-state index in [1.165, 1.54) is 0 Å². The molecule has 0 aromatic rings. The maximum atomic E-state index is 13.0. The first-order chi connectivity index (χ1) is 9.22. The van der Waals surface area contributed by atoms with E-state index in [0.29, 0.717) is 6.29 Å². The Hall–Kier alpha value is 0.330. The molecular weight excluding hydrogens is 353 g/mol. The molecule has 0 aromatic heterocycles. The molecule has 0 aromatic carbocycles. The average molecular weight is 386 g/mol. The van der Waals surface area contributed by atoms with Crippen molar-refractivity contribution in [3.05, 3.63) is 12.2 Å². The fourth-order valence-electron chi connectivity index (χ4n) is 2.17. The Kier molecular flexibility index (Phi) is 12.3. The fourth-order valence-corrected chi connectivity index (χ4v) is 4.89. The van der Waals surface area contributed by atoms with Crippen molar-refractivity contribution < 1.29 is 35.1 Å². The zero-order valence-electron chi connectivity index (χ0n) is 14.6. The van der Waals surface area contributed by atoms with E-state index in [1.54, 1.807) is 0 Å². The van der Waals surface area contributed by atoms with Crippen molar-refractivity contribution in [1.29, 1.82) is 0 Å². The fraction of sp³-hybridized carbons (Fsp3) is 0.867. The van der Waals surface area contributed by atoms with Crippen LogP contribution in [0.3, 0.4) is 0 Å². The van der Waals surface area contributed by atoms with E-state index < -0.39 is 7.60 Å². The summed E-state index contributed by atoms with van der Waals surface area (Å²) in [4.78, 5) is 0. The topological polar surface area (TPSA) is 35.5 Å². The molecule has 21 heavy (non-hydrogen) atoms. The van der Waals surface area contributed by atoms with Gasteiger partial charge in [-0.05, 0) is 54.5 Å². The predicted molar refractivity (Wildman–Crippen MR) is 85.9 cm³/mol. The minimum atomic E-state index is -3.09. The van der Waals surface area contributed by atoms with Crippen molar-refractivity contribution in [2.45, 2.75) is 60.7 Å². The highest BCUT2D eigenvalue weighted by Gasteiger charge is 2.38. The molecular formula is C15H33BrNO3P. The molecule has 0 unspecified atom stereocenters. The molecule has 0 aliphatic rings. The van der Waals surface area contributed by atoms with Crippen molar-refractivity contribution in [2.75, 3.05) is 25.9 Å². The lowest BCUT2D eigenvalue weighted by atomic mass is 10.3. The minimum Gasteiger partial charge on any atom is -1.00 e. The number of likely N-dealkylation sites (N-methyl/N-ethyl adjacent to an activating group) is 1. The Balaban J connectivity index is 0. The molecule has 0 heterocycles. The quantitative estimate of drug-likeness (QED) is 0.324. The van der Waals surface area contributed by atoms with E-state index in [4.69, 9.17) is 9.05 Å². The molecule has 0 bridgehead atoms. The standard InChI is InChI=1S/C15H33NO3P.BrH/c1-8-11-12-16(9-2,10-3)13-20(17,18-14(4)5)19-15(6)7;/h8,11,14-15H,9-10,12-13H2,1-7H3;1H/q+1;/p-1/b11-8+;. The maximum Gasteiger partial charge on any atom is 0.385 e. The van der Waals surface area contributed by atoms with Crippen LogP contribution in [0.5, 0.6) is 0 Å². The number of hydrogen-bond acceptors (Lipinski definition) is 3. The van der Waals surface area contributed by atoms with Crippen molar-refractivity contribution in [2.24, 2.45) is 0 Å². The van der Waals surface area contributed by atoms with Gasteiger partial charge < -0.3 is 30.5 Å². The summed E-state index contributed by atoms with van der Waals surface area (Å²) < 4.78 is 25.1. The molecule has 0 amide bonds. The normalized spacial score (nSPS) is 13.2. The lowest BCUT2D eigenvalue weighted by Gasteiger charge is -2.38. The summed E-state index contributed by atoms with van der Waals surface area (Å²) in [7, 11) is -3.09. The molecule has 0 atom stereocenters. The van der Waals surface area contributed by atoms with Gasteiger partial charge in [0, 0.05) is 0 Å². The number of halogens is 1. The van der Waals surface area contributed by atoms with E-state index in [-0.39, 0.29) is 29.2 Å². The molecule has 4 nitrogen and oxygen atoms in total. The third-order valence-corrected chi connectivity index (χ3v) is 5.72. The first-order valence-electron chi connectivity index (χ1n) is 7.64. The Bertz CT molecular complexity index is 328. The summed E-state index contributed by atoms with van der Waals surface area (Å²) in [6.07, 6.45) is 4.40. The van der Waals surface area contributed by atoms with Gasteiger partial charge in [0.15, 0.2) is 6.29 Å². The second-order valence-electron chi connectivity index (χ2n) is 5.79. The van der Waals surface area contributed by atoms with Gasteiger partial charge >= 0.3 is 7.60 Å². The third kappa shape index (κ3) is 9.14. The molecule has 0 N–H and O–H groups in total. The summed E-state index contributed by atoms with van der Waals surface area (Å²) >= 11 is 0. The van der Waals surface area contributed by atoms with Gasteiger partial charge in [0.05, 0.1) is 31.8 Å². The van der Waals surface area contributed by atoms with E-state index >= 15 is 0 Å². The van der Waals surface area contributed by atoms with Crippen LogP contribution in [0, 0.1) is 0 Å². The third-order valence-electron chi connectivity index (χ3n) is 3.29. The number of hydrogen-bond donors (Lipinski definition) is 0. The monoisotopic (exact) mass is 385 g/mol. The zero-order chi connectivity index (χ0) is 15.8. The summed E-state index contributed by atoms with van der Waals surface area (Å²) in [5.41, 5.74) is 0. The average Bonchev–Trinajstić information content (AvgIpc) is 2.32. The smallest absolute Gasteiger partial charge is 0.385 e. The van der Waals surface area contributed by atoms with Gasteiger partial charge in [0.1, 0.15) is 0 Å². The van der Waals surface area contributed by atoms with Gasteiger partial charge in [-0.3, -0.25) is 4.57 Å². The first kappa shape index (κ1) is 23.6. The van der Waals surface area contributed by atoms with E-state index in [1.807, 2.05) is 40.7 Å². The number of quaternary nitrogens is 1. The largest absolute Gasteiger partial charge is 1.00 e. The number of nitrogens with zero attached hydrogens (tertiary/aromatic N) is 1. The predicted octanol–water partition coefficient (Wildman–Crippen LogP) is 1.42. The lowest BCUT2D eigenvalue weighted by molar-refractivity contribution is -0.909. The highest BCUT2D eigenvalue weighted by atomic mass is 79.9. The SMILES string of the molecule is C/C=C/C[N+](CC)(CC)CP(=O)(OC(C)C)OC(C)C.[Br-]. The van der Waals surface area contributed by atoms with Gasteiger partial charge in [-0.15, -0.1) is 0 Å². The molecule has 0 radical (unpaired) electrons. The molecule has 0 saturated carbocycles. The van der Waals surface area contributed by atoms with Crippen LogP contribution >= 0.6 is 7.60 Å². The van der Waals surface area contributed by atoms with Crippen LogP contribution in [0.25, 0.3) is 0 Å². The van der Waals surface area contributed by atoms with Crippen LogP contribution < -0.4 is 17.0 Å². The number of allylic oxidation sites excluding steroid dienone is 1. The van der Waals surface area contributed by atoms with Crippen molar-refractivity contribution in [1.82, 2.24) is 0 Å². The second kappa shape index (κ2) is 11.0. The minimum absolute atomic E-state index is 0. The molecule has 6 heteroatoms.